The molecule has 178 valence electrons. The number of hydrogen-bond acceptors (Lipinski definition) is 8. The highest BCUT2D eigenvalue weighted by Crippen LogP contribution is 2.35. The van der Waals surface area contributed by atoms with Gasteiger partial charge in [-0.15, -0.1) is 11.3 Å². The van der Waals surface area contributed by atoms with E-state index in [1.165, 1.54) is 18.4 Å². The van der Waals surface area contributed by atoms with Crippen molar-refractivity contribution in [2.24, 2.45) is 0 Å². The van der Waals surface area contributed by atoms with Crippen LogP contribution in [0.25, 0.3) is 0 Å². The number of nitrogens with zero attached hydrogens (tertiary/aromatic N) is 1. The van der Waals surface area contributed by atoms with Crippen molar-refractivity contribution < 1.29 is 33.6 Å². The van der Waals surface area contributed by atoms with Gasteiger partial charge in [0, 0.05) is 23.1 Å². The zero-order valence-electron chi connectivity index (χ0n) is 18.7. The van der Waals surface area contributed by atoms with Crippen molar-refractivity contribution in [3.63, 3.8) is 0 Å². The number of aryl methyl sites for hydroxylation is 1. The van der Waals surface area contributed by atoms with Crippen molar-refractivity contribution in [2.75, 3.05) is 31.8 Å². The molecule has 0 unspecified atom stereocenters. The number of hydrogen-bond donors (Lipinski definition) is 1. The Balaban J connectivity index is 1.38. The Bertz CT molecular complexity index is 1150. The molecule has 0 saturated heterocycles. The van der Waals surface area contributed by atoms with Crippen LogP contribution in [-0.2, 0) is 27.3 Å². The lowest BCUT2D eigenvalue weighted by Gasteiger charge is -2.25. The Labute approximate surface area is 201 Å². The number of phenolic OH excluding ortho intramolecular Hbond substituents is 1. The molecule has 34 heavy (non-hydrogen) atoms. The molecule has 1 aliphatic heterocycles. The highest BCUT2D eigenvalue weighted by Gasteiger charge is 2.21. The Morgan fingerprint density at radius 1 is 1.09 bits per heavy atom. The number of esters is 1. The van der Waals surface area contributed by atoms with Crippen molar-refractivity contribution in [3.05, 3.63) is 64.4 Å². The molecule has 0 radical (unpaired) electrons. The average Bonchev–Trinajstić information content (AvgIpc) is 3.38. The van der Waals surface area contributed by atoms with E-state index in [2.05, 4.69) is 0 Å². The second kappa shape index (κ2) is 10.9. The maximum absolute atomic E-state index is 13.1. The van der Waals surface area contributed by atoms with Crippen LogP contribution < -0.4 is 19.1 Å². The van der Waals surface area contributed by atoms with E-state index in [1.807, 2.05) is 17.5 Å². The van der Waals surface area contributed by atoms with E-state index in [1.54, 1.807) is 41.3 Å². The first kappa shape index (κ1) is 23.4. The van der Waals surface area contributed by atoms with E-state index in [0.717, 1.165) is 10.4 Å². The lowest BCUT2D eigenvalue weighted by atomic mass is 10.1. The van der Waals surface area contributed by atoms with Crippen molar-refractivity contribution in [1.29, 1.82) is 0 Å². The summed E-state index contributed by atoms with van der Waals surface area (Å²) in [5.74, 6) is 0.735. The van der Waals surface area contributed by atoms with Gasteiger partial charge in [-0.3, -0.25) is 9.59 Å². The molecule has 9 heteroatoms. The summed E-state index contributed by atoms with van der Waals surface area (Å²) in [6.07, 6.45) is 0.444. The third kappa shape index (κ3) is 5.79. The van der Waals surface area contributed by atoms with Crippen molar-refractivity contribution in [3.8, 4) is 23.0 Å². The minimum Gasteiger partial charge on any atom is -0.504 e. The molecule has 2 aromatic carbocycles. The van der Waals surface area contributed by atoms with Crippen LogP contribution in [0.15, 0.2) is 53.9 Å². The summed E-state index contributed by atoms with van der Waals surface area (Å²) >= 11 is 1.54. The minimum absolute atomic E-state index is 0.00666. The number of anilines is 1. The van der Waals surface area contributed by atoms with Gasteiger partial charge in [-0.2, -0.15) is 0 Å². The summed E-state index contributed by atoms with van der Waals surface area (Å²) in [6, 6.07) is 14.1. The van der Waals surface area contributed by atoms with Crippen LogP contribution in [0, 0.1) is 0 Å². The van der Waals surface area contributed by atoms with Gasteiger partial charge in [-0.25, -0.2) is 0 Å². The zero-order chi connectivity index (χ0) is 23.9. The molecule has 0 bridgehead atoms. The van der Waals surface area contributed by atoms with E-state index >= 15 is 0 Å². The van der Waals surface area contributed by atoms with Gasteiger partial charge in [0.05, 0.1) is 13.7 Å². The third-order valence-electron chi connectivity index (χ3n) is 5.25. The fourth-order valence-corrected chi connectivity index (χ4v) is 4.20. The smallest absolute Gasteiger partial charge is 0.306 e. The molecule has 0 spiro atoms. The zero-order valence-corrected chi connectivity index (χ0v) is 19.5. The maximum Gasteiger partial charge on any atom is 0.306 e. The molecule has 1 amide bonds. The van der Waals surface area contributed by atoms with Gasteiger partial charge in [0.1, 0.15) is 13.2 Å². The normalized spacial score (nSPS) is 12.1. The third-order valence-corrected chi connectivity index (χ3v) is 6.11. The Hall–Kier alpha value is -3.72. The fourth-order valence-electron chi connectivity index (χ4n) is 3.51. The Kier molecular flexibility index (Phi) is 7.54. The number of ether oxygens (including phenoxy) is 4. The summed E-state index contributed by atoms with van der Waals surface area (Å²) in [5.41, 5.74) is 1.39. The standard InChI is InChI=1S/C25H25NO7S/c1-30-21-7-4-17(13-20(21)27)5-9-25(29)33-16-24(28)26(15-19-3-2-12-34-19)18-6-8-22-23(14-18)32-11-10-31-22/h2-4,6-8,12-14,27H,5,9-11,15-16H2,1H3. The van der Waals surface area contributed by atoms with E-state index in [9.17, 15) is 14.7 Å². The number of thiophene rings is 1. The Morgan fingerprint density at radius 3 is 2.65 bits per heavy atom. The number of benzene rings is 2. The summed E-state index contributed by atoms with van der Waals surface area (Å²) in [4.78, 5) is 27.9. The summed E-state index contributed by atoms with van der Waals surface area (Å²) in [7, 11) is 1.47. The maximum atomic E-state index is 13.1. The van der Waals surface area contributed by atoms with Crippen molar-refractivity contribution in [1.82, 2.24) is 0 Å². The Morgan fingerprint density at radius 2 is 1.91 bits per heavy atom. The average molecular weight is 484 g/mol. The van der Waals surface area contributed by atoms with Gasteiger partial charge in [0.25, 0.3) is 5.91 Å². The molecule has 4 rings (SSSR count). The van der Waals surface area contributed by atoms with Crippen LogP contribution >= 0.6 is 11.3 Å². The van der Waals surface area contributed by atoms with Gasteiger partial charge in [0.15, 0.2) is 29.6 Å². The SMILES string of the molecule is COc1ccc(CCC(=O)OCC(=O)N(Cc2cccs2)c2ccc3c(c2)OCCO3)cc1O. The predicted octanol–water partition coefficient (Wildman–Crippen LogP) is 3.94. The number of methoxy groups -OCH3 is 1. The molecule has 0 atom stereocenters. The van der Waals surface area contributed by atoms with Crippen LogP contribution in [0.3, 0.4) is 0 Å². The quantitative estimate of drug-likeness (QED) is 0.461. The van der Waals surface area contributed by atoms with Gasteiger partial charge in [0.2, 0.25) is 0 Å². The predicted molar refractivity (Wildman–Crippen MR) is 127 cm³/mol. The monoisotopic (exact) mass is 483 g/mol. The van der Waals surface area contributed by atoms with E-state index < -0.39 is 5.97 Å². The first-order valence-electron chi connectivity index (χ1n) is 10.8. The van der Waals surface area contributed by atoms with E-state index in [-0.39, 0.29) is 24.7 Å². The van der Waals surface area contributed by atoms with Gasteiger partial charge in [-0.1, -0.05) is 12.1 Å². The second-order valence-corrected chi connectivity index (χ2v) is 8.59. The molecular weight excluding hydrogens is 458 g/mol. The lowest BCUT2D eigenvalue weighted by molar-refractivity contribution is -0.147. The number of fused-ring (bicyclic) bond motifs is 1. The molecule has 1 aliphatic rings. The van der Waals surface area contributed by atoms with Crippen LogP contribution in [0.4, 0.5) is 5.69 Å². The molecule has 2 heterocycles. The fraction of sp³-hybridized carbons (Fsp3) is 0.280. The van der Waals surface area contributed by atoms with Crippen LogP contribution in [0.1, 0.15) is 16.9 Å². The van der Waals surface area contributed by atoms with E-state index in [0.29, 0.717) is 49.1 Å². The van der Waals surface area contributed by atoms with Crippen molar-refractivity contribution in [2.45, 2.75) is 19.4 Å². The molecule has 3 aromatic rings. The molecule has 0 saturated carbocycles. The number of rotatable bonds is 9. The van der Waals surface area contributed by atoms with Crippen molar-refractivity contribution >= 4 is 28.9 Å². The molecule has 0 fully saturated rings. The molecule has 0 aliphatic carbocycles. The minimum atomic E-state index is -0.498. The topological polar surface area (TPSA) is 94.5 Å². The largest absolute Gasteiger partial charge is 0.504 e. The van der Waals surface area contributed by atoms with E-state index in [4.69, 9.17) is 18.9 Å². The summed E-state index contributed by atoms with van der Waals surface area (Å²) in [5, 5.41) is 11.8. The lowest BCUT2D eigenvalue weighted by Crippen LogP contribution is -2.34. The summed E-state index contributed by atoms with van der Waals surface area (Å²) in [6.45, 7) is 0.889. The van der Waals surface area contributed by atoms with Crippen LogP contribution in [0.5, 0.6) is 23.0 Å². The second-order valence-electron chi connectivity index (χ2n) is 7.55. The molecular formula is C25H25NO7S. The highest BCUT2D eigenvalue weighted by molar-refractivity contribution is 7.09. The highest BCUT2D eigenvalue weighted by atomic mass is 32.1. The van der Waals surface area contributed by atoms with Crippen LogP contribution in [0.2, 0.25) is 0 Å². The molecule has 8 nitrogen and oxygen atoms in total. The summed E-state index contributed by atoms with van der Waals surface area (Å²) < 4.78 is 21.5. The van der Waals surface area contributed by atoms with Gasteiger partial charge >= 0.3 is 5.97 Å². The van der Waals surface area contributed by atoms with Gasteiger partial charge < -0.3 is 29.0 Å². The molecule has 1 N–H and O–H groups in total. The first-order chi connectivity index (χ1) is 16.5. The van der Waals surface area contributed by atoms with Gasteiger partial charge in [-0.05, 0) is 47.7 Å². The van der Waals surface area contributed by atoms with Crippen LogP contribution in [-0.4, -0.2) is 43.9 Å². The number of carbonyl (C=O) groups is 2. The number of carbonyl (C=O) groups excluding carboxylic acids is 2. The first-order valence-corrected chi connectivity index (χ1v) is 11.7. The number of phenols is 1. The number of aromatic hydroxyl groups is 1. The molecule has 1 aromatic heterocycles. The number of amides is 1.